The minimum absolute atomic E-state index is 0.0155. The first kappa shape index (κ1) is 23.1. The first-order valence-electron chi connectivity index (χ1n) is 11.1. The first-order chi connectivity index (χ1) is 16.9. The van der Waals surface area contributed by atoms with E-state index in [0.717, 1.165) is 10.8 Å². The summed E-state index contributed by atoms with van der Waals surface area (Å²) < 4.78 is 38.1. The lowest BCUT2D eigenvalue weighted by molar-refractivity contribution is -0.121. The topological polar surface area (TPSA) is 117 Å². The van der Waals surface area contributed by atoms with Crippen molar-refractivity contribution in [2.45, 2.75) is 4.90 Å². The van der Waals surface area contributed by atoms with Crippen LogP contribution in [0.15, 0.2) is 65.6 Å². The van der Waals surface area contributed by atoms with Crippen LogP contribution >= 0.6 is 0 Å². The van der Waals surface area contributed by atoms with Crippen LogP contribution < -0.4 is 20.1 Å². The van der Waals surface area contributed by atoms with Gasteiger partial charge in [0.1, 0.15) is 0 Å². The zero-order chi connectivity index (χ0) is 24.4. The summed E-state index contributed by atoms with van der Waals surface area (Å²) in [5.74, 6) is 0.633. The molecule has 182 valence electrons. The molecule has 2 aliphatic rings. The molecule has 35 heavy (non-hydrogen) atoms. The number of nitrogens with zero attached hydrogens (tertiary/aromatic N) is 2. The second kappa shape index (κ2) is 9.53. The van der Waals surface area contributed by atoms with Gasteiger partial charge in [0.05, 0.1) is 11.4 Å². The normalized spacial score (nSPS) is 16.2. The fraction of sp³-hybridized carbons (Fsp3) is 0.250. The predicted molar refractivity (Wildman–Crippen MR) is 129 cm³/mol. The first-order valence-corrected chi connectivity index (χ1v) is 12.5. The number of sulfonamides is 1. The van der Waals surface area contributed by atoms with Crippen LogP contribution in [0.4, 0.5) is 10.5 Å². The molecule has 10 nitrogen and oxygen atoms in total. The summed E-state index contributed by atoms with van der Waals surface area (Å²) in [7, 11) is -3.64. The number of nitrogens with one attached hydrogen (secondary N) is 2. The van der Waals surface area contributed by atoms with Crippen LogP contribution in [0.5, 0.6) is 11.5 Å². The Hall–Kier alpha value is -3.67. The number of imide groups is 1. The number of anilines is 1. The summed E-state index contributed by atoms with van der Waals surface area (Å²) in [6.07, 6.45) is 0. The quantitative estimate of drug-likeness (QED) is 0.556. The lowest BCUT2D eigenvalue weighted by atomic mass is 10.1. The van der Waals surface area contributed by atoms with E-state index in [1.807, 2.05) is 29.2 Å². The molecule has 2 heterocycles. The SMILES string of the molecule is O=C(CN1CCN(S(=O)(=O)c2ccc3ccccc3c2)CC1)NC(=O)Nc1ccc2c(c1)OCO2. The number of hydrogen-bond acceptors (Lipinski definition) is 7. The van der Waals surface area contributed by atoms with Gasteiger partial charge in [-0.2, -0.15) is 4.31 Å². The molecular weight excluding hydrogens is 472 g/mol. The molecular formula is C24H24N4O6S. The number of carbonyl (C=O) groups is 2. The molecule has 1 fully saturated rings. The van der Waals surface area contributed by atoms with Gasteiger partial charge >= 0.3 is 6.03 Å². The average molecular weight is 497 g/mol. The molecule has 5 rings (SSSR count). The molecule has 0 spiro atoms. The van der Waals surface area contributed by atoms with Crippen molar-refractivity contribution in [1.82, 2.24) is 14.5 Å². The number of benzene rings is 3. The Kier molecular flexibility index (Phi) is 6.29. The van der Waals surface area contributed by atoms with Crippen molar-refractivity contribution in [3.63, 3.8) is 0 Å². The van der Waals surface area contributed by atoms with Gasteiger partial charge < -0.3 is 14.8 Å². The third-order valence-corrected chi connectivity index (χ3v) is 7.84. The summed E-state index contributed by atoms with van der Waals surface area (Å²) in [4.78, 5) is 26.6. The molecule has 0 unspecified atom stereocenters. The number of urea groups is 1. The fourth-order valence-corrected chi connectivity index (χ4v) is 5.57. The molecule has 1 saturated heterocycles. The molecule has 3 aromatic carbocycles. The van der Waals surface area contributed by atoms with Gasteiger partial charge in [0.25, 0.3) is 0 Å². The number of amides is 3. The largest absolute Gasteiger partial charge is 0.454 e. The van der Waals surface area contributed by atoms with Gasteiger partial charge in [-0.05, 0) is 35.0 Å². The molecule has 0 aliphatic carbocycles. The molecule has 3 aromatic rings. The van der Waals surface area contributed by atoms with Crippen LogP contribution in [-0.4, -0.2) is 69.1 Å². The van der Waals surface area contributed by atoms with Crippen molar-refractivity contribution in [3.8, 4) is 11.5 Å². The molecule has 0 radical (unpaired) electrons. The Morgan fingerprint density at radius 1 is 0.857 bits per heavy atom. The minimum Gasteiger partial charge on any atom is -0.454 e. The van der Waals surface area contributed by atoms with E-state index in [1.165, 1.54) is 4.31 Å². The lowest BCUT2D eigenvalue weighted by Crippen LogP contribution is -2.51. The number of ether oxygens (including phenoxy) is 2. The van der Waals surface area contributed by atoms with Crippen LogP contribution in [-0.2, 0) is 14.8 Å². The molecule has 0 bridgehead atoms. The zero-order valence-corrected chi connectivity index (χ0v) is 19.6. The van der Waals surface area contributed by atoms with Gasteiger partial charge in [-0.3, -0.25) is 15.0 Å². The van der Waals surface area contributed by atoms with Crippen LogP contribution in [0.25, 0.3) is 10.8 Å². The van der Waals surface area contributed by atoms with Crippen molar-refractivity contribution in [1.29, 1.82) is 0 Å². The lowest BCUT2D eigenvalue weighted by Gasteiger charge is -2.33. The van der Waals surface area contributed by atoms with Crippen molar-refractivity contribution in [2.75, 3.05) is 44.8 Å². The maximum Gasteiger partial charge on any atom is 0.325 e. The molecule has 0 saturated carbocycles. The van der Waals surface area contributed by atoms with E-state index in [1.54, 1.807) is 36.4 Å². The number of rotatable bonds is 5. The van der Waals surface area contributed by atoms with Gasteiger partial charge in [0.15, 0.2) is 11.5 Å². The van der Waals surface area contributed by atoms with Crippen LogP contribution in [0, 0.1) is 0 Å². The summed E-state index contributed by atoms with van der Waals surface area (Å²) in [6, 6.07) is 17.0. The van der Waals surface area contributed by atoms with E-state index in [-0.39, 0.29) is 31.3 Å². The highest BCUT2D eigenvalue weighted by molar-refractivity contribution is 7.89. The summed E-state index contributed by atoms with van der Waals surface area (Å²) in [5, 5.41) is 6.72. The minimum atomic E-state index is -3.64. The Labute approximate surface area is 202 Å². The van der Waals surface area contributed by atoms with Gasteiger partial charge in [0, 0.05) is 37.9 Å². The van der Waals surface area contributed by atoms with Gasteiger partial charge in [0.2, 0.25) is 22.7 Å². The van der Waals surface area contributed by atoms with Crippen molar-refractivity contribution >= 4 is 38.4 Å². The Bertz CT molecular complexity index is 1390. The van der Waals surface area contributed by atoms with E-state index in [2.05, 4.69) is 10.6 Å². The smallest absolute Gasteiger partial charge is 0.325 e. The van der Waals surface area contributed by atoms with E-state index in [0.29, 0.717) is 30.3 Å². The third-order valence-electron chi connectivity index (χ3n) is 5.94. The number of carbonyl (C=O) groups excluding carboxylic acids is 2. The van der Waals surface area contributed by atoms with Crippen LogP contribution in [0.1, 0.15) is 0 Å². The number of piperazine rings is 1. The molecule has 2 N–H and O–H groups in total. The molecule has 2 aliphatic heterocycles. The molecule has 11 heteroatoms. The second-order valence-electron chi connectivity index (χ2n) is 8.26. The van der Waals surface area contributed by atoms with Crippen LogP contribution in [0.3, 0.4) is 0 Å². The summed E-state index contributed by atoms with van der Waals surface area (Å²) in [6.45, 7) is 1.38. The average Bonchev–Trinajstić information content (AvgIpc) is 3.32. The number of hydrogen-bond donors (Lipinski definition) is 2. The monoisotopic (exact) mass is 496 g/mol. The molecule has 3 amide bonds. The number of fused-ring (bicyclic) bond motifs is 2. The fourth-order valence-electron chi connectivity index (χ4n) is 4.11. The maximum atomic E-state index is 13.1. The highest BCUT2D eigenvalue weighted by atomic mass is 32.2. The Morgan fingerprint density at radius 3 is 2.40 bits per heavy atom. The van der Waals surface area contributed by atoms with Gasteiger partial charge in [-0.15, -0.1) is 0 Å². The maximum absolute atomic E-state index is 13.1. The zero-order valence-electron chi connectivity index (χ0n) is 18.8. The van der Waals surface area contributed by atoms with Crippen molar-refractivity contribution in [3.05, 3.63) is 60.7 Å². The van der Waals surface area contributed by atoms with E-state index >= 15 is 0 Å². The molecule has 0 aromatic heterocycles. The van der Waals surface area contributed by atoms with Crippen molar-refractivity contribution < 1.29 is 27.5 Å². The Morgan fingerprint density at radius 2 is 1.60 bits per heavy atom. The van der Waals surface area contributed by atoms with Crippen molar-refractivity contribution in [2.24, 2.45) is 0 Å². The summed E-state index contributed by atoms with van der Waals surface area (Å²) >= 11 is 0. The van der Waals surface area contributed by atoms with Gasteiger partial charge in [-0.25, -0.2) is 13.2 Å². The molecule has 0 atom stereocenters. The highest BCUT2D eigenvalue weighted by Gasteiger charge is 2.29. The Balaban J connectivity index is 1.12. The highest BCUT2D eigenvalue weighted by Crippen LogP contribution is 2.34. The second-order valence-corrected chi connectivity index (χ2v) is 10.2. The van der Waals surface area contributed by atoms with Crippen LogP contribution in [0.2, 0.25) is 0 Å². The summed E-state index contributed by atoms with van der Waals surface area (Å²) in [5.41, 5.74) is 0.465. The van der Waals surface area contributed by atoms with E-state index in [9.17, 15) is 18.0 Å². The van der Waals surface area contributed by atoms with Gasteiger partial charge in [-0.1, -0.05) is 30.3 Å². The van der Waals surface area contributed by atoms with E-state index in [4.69, 9.17) is 9.47 Å². The van der Waals surface area contributed by atoms with E-state index < -0.39 is 22.0 Å². The predicted octanol–water partition coefficient (Wildman–Crippen LogP) is 2.22. The standard InChI is InChI=1S/C24H24N4O6S/c29-23(26-24(30)25-19-6-8-21-22(14-19)34-16-33-21)15-27-9-11-28(12-10-27)35(31,32)20-7-5-17-3-1-2-4-18(17)13-20/h1-8,13-14H,9-12,15-16H2,(H2,25,26,29,30). The third kappa shape index (κ3) is 5.06.